The largest absolute Gasteiger partial charge is 0.483 e. The van der Waals surface area contributed by atoms with Gasteiger partial charge in [-0.05, 0) is 18.4 Å². The number of amides is 1. The summed E-state index contributed by atoms with van der Waals surface area (Å²) in [6.45, 7) is -0.606. The molecular formula is C15H15F2INO2SY-. The maximum atomic E-state index is 12.8. The van der Waals surface area contributed by atoms with Gasteiger partial charge < -0.3 is 9.64 Å². The van der Waals surface area contributed by atoms with E-state index < -0.39 is 13.0 Å². The Kier molecular flexibility index (Phi) is 9.55. The maximum absolute atomic E-state index is 12.8. The van der Waals surface area contributed by atoms with Gasteiger partial charge >= 0.3 is 0 Å². The average Bonchev–Trinajstić information content (AvgIpc) is 2.50. The molecule has 0 saturated carbocycles. The van der Waals surface area contributed by atoms with Crippen molar-refractivity contribution in [2.75, 3.05) is 18.7 Å². The normalized spacial score (nSPS) is 17.8. The van der Waals surface area contributed by atoms with E-state index in [-0.39, 0.29) is 42.5 Å². The van der Waals surface area contributed by atoms with Crippen molar-refractivity contribution in [3.05, 3.63) is 35.9 Å². The first-order chi connectivity index (χ1) is 10.5. The van der Waals surface area contributed by atoms with Crippen LogP contribution in [0.1, 0.15) is 12.0 Å². The molecule has 1 radical (unpaired) electrons. The van der Waals surface area contributed by atoms with Gasteiger partial charge in [0.25, 0.3) is 6.43 Å². The number of benzene rings is 1. The minimum atomic E-state index is -2.58. The van der Waals surface area contributed by atoms with Gasteiger partial charge in [-0.25, -0.2) is 14.9 Å². The number of nitrogens with zero attached hydrogens (tertiary/aromatic N) is 1. The number of ether oxygens (including phenoxy) is 1. The van der Waals surface area contributed by atoms with Crippen molar-refractivity contribution in [2.45, 2.75) is 16.8 Å². The van der Waals surface area contributed by atoms with Crippen molar-refractivity contribution in [1.29, 1.82) is 0 Å². The van der Waals surface area contributed by atoms with Crippen LogP contribution in [-0.2, 0) is 37.5 Å². The number of alkyl halides is 3. The minimum absolute atomic E-state index is 0. The summed E-state index contributed by atoms with van der Waals surface area (Å²) in [4.78, 5) is 13.3. The molecule has 1 aromatic carbocycles. The van der Waals surface area contributed by atoms with Crippen molar-refractivity contribution in [3.8, 4) is 5.75 Å². The average molecular weight is 527 g/mol. The van der Waals surface area contributed by atoms with Gasteiger partial charge in [0, 0.05) is 32.7 Å². The van der Waals surface area contributed by atoms with Crippen LogP contribution in [0.15, 0.2) is 24.3 Å². The van der Waals surface area contributed by atoms with Crippen LogP contribution in [0, 0.1) is 6.08 Å². The van der Waals surface area contributed by atoms with Crippen molar-refractivity contribution in [2.24, 2.45) is 0 Å². The third kappa shape index (κ3) is 5.94. The van der Waals surface area contributed by atoms with Crippen LogP contribution in [0.3, 0.4) is 0 Å². The third-order valence-corrected chi connectivity index (χ3v) is 4.37. The fourth-order valence-corrected chi connectivity index (χ4v) is 2.87. The van der Waals surface area contributed by atoms with Crippen LogP contribution in [-0.4, -0.2) is 39.9 Å². The summed E-state index contributed by atoms with van der Waals surface area (Å²) in [7, 11) is 0. The summed E-state index contributed by atoms with van der Waals surface area (Å²) in [6, 6.07) is 7.05. The molecular weight excluding hydrogens is 512 g/mol. The predicted molar refractivity (Wildman–Crippen MR) is 92.2 cm³/mol. The first-order valence-electron chi connectivity index (χ1n) is 6.59. The summed E-state index contributed by atoms with van der Waals surface area (Å²) < 4.78 is 30.6. The summed E-state index contributed by atoms with van der Waals surface area (Å²) in [5.41, 5.74) is 1.11. The number of halogens is 3. The molecule has 0 fully saturated rings. The van der Waals surface area contributed by atoms with E-state index in [0.717, 1.165) is 4.90 Å². The molecule has 1 aliphatic rings. The SMILES string of the molecule is CSCOc1ccc(C2=[C-]CC(I)C(=O)N2CC(F)F)cc1.[Y]. The zero-order valence-corrected chi connectivity index (χ0v) is 18.3. The van der Waals surface area contributed by atoms with Crippen LogP contribution in [0.4, 0.5) is 8.78 Å². The molecule has 123 valence electrons. The molecule has 0 spiro atoms. The van der Waals surface area contributed by atoms with Gasteiger partial charge in [-0.2, -0.15) is 5.56 Å². The number of carbonyl (C=O) groups is 1. The van der Waals surface area contributed by atoms with Crippen molar-refractivity contribution in [3.63, 3.8) is 0 Å². The summed E-state index contributed by atoms with van der Waals surface area (Å²) in [6.07, 6.45) is 2.86. The number of hydrogen-bond acceptors (Lipinski definition) is 3. The molecule has 0 bridgehead atoms. The van der Waals surface area contributed by atoms with E-state index in [9.17, 15) is 13.6 Å². The molecule has 8 heteroatoms. The van der Waals surface area contributed by atoms with E-state index in [4.69, 9.17) is 4.74 Å². The molecule has 1 amide bonds. The Hall–Kier alpha value is 0.274. The topological polar surface area (TPSA) is 29.5 Å². The van der Waals surface area contributed by atoms with E-state index in [2.05, 4.69) is 6.08 Å². The molecule has 1 atom stereocenters. The standard InChI is InChI=1S/C15H15F2INO2S.Y/c1-22-9-21-11-4-2-10(3-5-11)13-7-6-12(18)15(20)19(13)8-14(16)17;/h2-5,12,14H,6,8-9H2,1H3;/q-1;. The fourth-order valence-electron chi connectivity index (χ4n) is 2.06. The Morgan fingerprint density at radius 2 is 2.09 bits per heavy atom. The summed E-state index contributed by atoms with van der Waals surface area (Å²) in [5.74, 6) is 0.950. The van der Waals surface area contributed by atoms with Gasteiger partial charge in [0.15, 0.2) is 0 Å². The first-order valence-corrected chi connectivity index (χ1v) is 9.23. The summed E-state index contributed by atoms with van der Waals surface area (Å²) >= 11 is 3.52. The first kappa shape index (κ1) is 21.3. The zero-order chi connectivity index (χ0) is 16.1. The van der Waals surface area contributed by atoms with E-state index in [1.807, 2.05) is 28.8 Å². The maximum Gasteiger partial charge on any atom is 0.256 e. The smallest absolute Gasteiger partial charge is 0.256 e. The van der Waals surface area contributed by atoms with Crippen molar-refractivity contribution in [1.82, 2.24) is 4.90 Å². The van der Waals surface area contributed by atoms with E-state index in [1.54, 1.807) is 36.0 Å². The molecule has 0 aromatic heterocycles. The van der Waals surface area contributed by atoms with E-state index in [0.29, 0.717) is 29.4 Å². The molecule has 0 saturated heterocycles. The van der Waals surface area contributed by atoms with Gasteiger partial charge in [-0.1, -0.05) is 29.0 Å². The van der Waals surface area contributed by atoms with Crippen LogP contribution < -0.4 is 4.74 Å². The Morgan fingerprint density at radius 3 is 2.65 bits per heavy atom. The third-order valence-electron chi connectivity index (χ3n) is 3.04. The van der Waals surface area contributed by atoms with Gasteiger partial charge in [-0.15, -0.1) is 29.6 Å². The minimum Gasteiger partial charge on any atom is -0.483 e. The fraction of sp³-hybridized carbons (Fsp3) is 0.400. The molecule has 23 heavy (non-hydrogen) atoms. The number of rotatable bonds is 6. The monoisotopic (exact) mass is 527 g/mol. The second-order valence-corrected chi connectivity index (χ2v) is 6.93. The molecule has 0 N–H and O–H groups in total. The van der Waals surface area contributed by atoms with E-state index >= 15 is 0 Å². The molecule has 1 heterocycles. The Labute approximate surface area is 177 Å². The molecule has 1 aromatic rings. The second kappa shape index (κ2) is 10.3. The number of thioether (sulfide) groups is 1. The molecule has 2 rings (SSSR count). The van der Waals surface area contributed by atoms with Gasteiger partial charge in [0.05, 0.1) is 10.5 Å². The van der Waals surface area contributed by atoms with Gasteiger partial charge in [-0.3, -0.25) is 4.79 Å². The van der Waals surface area contributed by atoms with Gasteiger partial charge in [0.2, 0.25) is 5.91 Å². The van der Waals surface area contributed by atoms with E-state index in [1.165, 1.54) is 0 Å². The van der Waals surface area contributed by atoms with Gasteiger partial charge in [0.1, 0.15) is 11.7 Å². The Balaban J connectivity index is 0.00000264. The van der Waals surface area contributed by atoms with Crippen molar-refractivity contribution >= 4 is 46.0 Å². The van der Waals surface area contributed by atoms with Crippen LogP contribution in [0.5, 0.6) is 5.75 Å². The molecule has 0 aliphatic carbocycles. The molecule has 1 unspecified atom stereocenters. The summed E-state index contributed by atoms with van der Waals surface area (Å²) in [5, 5.41) is 0. The number of allylic oxidation sites excluding steroid dienone is 1. The Morgan fingerprint density at radius 1 is 1.43 bits per heavy atom. The van der Waals surface area contributed by atoms with Crippen molar-refractivity contribution < 1.29 is 51.0 Å². The van der Waals surface area contributed by atoms with Crippen LogP contribution in [0.2, 0.25) is 0 Å². The van der Waals surface area contributed by atoms with Crippen LogP contribution >= 0.6 is 34.4 Å². The predicted octanol–water partition coefficient (Wildman–Crippen LogP) is 3.83. The zero-order valence-electron chi connectivity index (χ0n) is 12.5. The molecule has 1 aliphatic heterocycles. The van der Waals surface area contributed by atoms with Crippen LogP contribution in [0.25, 0.3) is 5.70 Å². The second-order valence-electron chi connectivity index (χ2n) is 4.61. The molecule has 3 nitrogen and oxygen atoms in total. The quantitative estimate of drug-likeness (QED) is 0.244. The Bertz CT molecular complexity index is 557. The number of hydrogen-bond donors (Lipinski definition) is 0. The number of carbonyl (C=O) groups excluding carboxylic acids is 1.